The van der Waals surface area contributed by atoms with Crippen LogP contribution in [0.2, 0.25) is 0 Å². The standard InChI is InChI=1S/C15H13F4NO4S/c1-23-13-7-11(16)12(8-14(13)24-2)20-25(21,22)10-5-3-4-9(6-10)15(17,18)19/h3-8,20H,1-2H3. The van der Waals surface area contributed by atoms with Crippen molar-refractivity contribution in [2.45, 2.75) is 11.1 Å². The van der Waals surface area contributed by atoms with Crippen LogP contribution in [0.5, 0.6) is 11.5 Å². The third-order valence-electron chi connectivity index (χ3n) is 3.19. The minimum atomic E-state index is -4.71. The molecule has 0 atom stereocenters. The monoisotopic (exact) mass is 379 g/mol. The van der Waals surface area contributed by atoms with Gasteiger partial charge in [-0.15, -0.1) is 0 Å². The van der Waals surface area contributed by atoms with Gasteiger partial charge in [0, 0.05) is 12.1 Å². The number of hydrogen-bond donors (Lipinski definition) is 1. The minimum absolute atomic E-state index is 0.0296. The highest BCUT2D eigenvalue weighted by molar-refractivity contribution is 7.92. The maximum atomic E-state index is 14.0. The molecule has 0 saturated heterocycles. The van der Waals surface area contributed by atoms with Crippen molar-refractivity contribution < 1.29 is 35.5 Å². The number of ether oxygens (including phenoxy) is 2. The van der Waals surface area contributed by atoms with Gasteiger partial charge in [-0.3, -0.25) is 4.72 Å². The molecule has 136 valence electrons. The number of methoxy groups -OCH3 is 2. The van der Waals surface area contributed by atoms with Gasteiger partial charge in [-0.05, 0) is 18.2 Å². The van der Waals surface area contributed by atoms with E-state index in [4.69, 9.17) is 9.47 Å². The Morgan fingerprint density at radius 1 is 1.00 bits per heavy atom. The van der Waals surface area contributed by atoms with Crippen LogP contribution in [0.25, 0.3) is 0 Å². The molecule has 0 fully saturated rings. The Labute approximate surface area is 141 Å². The van der Waals surface area contributed by atoms with E-state index in [0.717, 1.165) is 30.3 Å². The summed E-state index contributed by atoms with van der Waals surface area (Å²) in [6, 6.07) is 5.03. The number of alkyl halides is 3. The van der Waals surface area contributed by atoms with E-state index in [0.29, 0.717) is 6.07 Å². The smallest absolute Gasteiger partial charge is 0.416 e. The Kier molecular flexibility index (Phi) is 5.12. The molecule has 0 aliphatic carbocycles. The molecule has 0 spiro atoms. The van der Waals surface area contributed by atoms with Crippen molar-refractivity contribution in [3.05, 3.63) is 47.8 Å². The third-order valence-corrected chi connectivity index (χ3v) is 4.55. The number of nitrogens with one attached hydrogen (secondary N) is 1. The number of benzene rings is 2. The van der Waals surface area contributed by atoms with Crippen LogP contribution in [0.4, 0.5) is 23.2 Å². The predicted molar refractivity (Wildman–Crippen MR) is 81.8 cm³/mol. The molecule has 2 aromatic rings. The van der Waals surface area contributed by atoms with Crippen molar-refractivity contribution in [1.82, 2.24) is 0 Å². The van der Waals surface area contributed by atoms with Crippen molar-refractivity contribution in [2.75, 3.05) is 18.9 Å². The molecule has 0 aromatic heterocycles. The van der Waals surface area contributed by atoms with E-state index in [-0.39, 0.29) is 11.5 Å². The van der Waals surface area contributed by atoms with Crippen LogP contribution in [0, 0.1) is 5.82 Å². The van der Waals surface area contributed by atoms with Crippen molar-refractivity contribution in [2.24, 2.45) is 0 Å². The normalized spacial score (nSPS) is 11.9. The van der Waals surface area contributed by atoms with E-state index >= 15 is 0 Å². The second-order valence-corrected chi connectivity index (χ2v) is 6.50. The first kappa shape index (κ1) is 18.8. The van der Waals surface area contributed by atoms with Gasteiger partial charge in [0.2, 0.25) is 0 Å². The van der Waals surface area contributed by atoms with Crippen LogP contribution in [0.1, 0.15) is 5.56 Å². The summed E-state index contributed by atoms with van der Waals surface area (Å²) in [6.07, 6.45) is -4.71. The summed E-state index contributed by atoms with van der Waals surface area (Å²) in [5.41, 5.74) is -1.63. The molecule has 0 saturated carbocycles. The van der Waals surface area contributed by atoms with Gasteiger partial charge in [0.15, 0.2) is 17.3 Å². The summed E-state index contributed by atoms with van der Waals surface area (Å²) in [5, 5.41) is 0. The van der Waals surface area contributed by atoms with Gasteiger partial charge in [-0.1, -0.05) is 6.07 Å². The zero-order valence-corrected chi connectivity index (χ0v) is 13.8. The van der Waals surface area contributed by atoms with Crippen molar-refractivity contribution >= 4 is 15.7 Å². The topological polar surface area (TPSA) is 64.6 Å². The molecule has 1 N–H and O–H groups in total. The van der Waals surface area contributed by atoms with E-state index in [9.17, 15) is 26.0 Å². The fourth-order valence-electron chi connectivity index (χ4n) is 1.98. The summed E-state index contributed by atoms with van der Waals surface area (Å²) in [6.45, 7) is 0. The van der Waals surface area contributed by atoms with Crippen LogP contribution in [-0.4, -0.2) is 22.6 Å². The number of hydrogen-bond acceptors (Lipinski definition) is 4. The zero-order valence-electron chi connectivity index (χ0n) is 13.0. The number of rotatable bonds is 5. The molecule has 2 aromatic carbocycles. The Bertz CT molecular complexity index is 882. The quantitative estimate of drug-likeness (QED) is 0.806. The van der Waals surface area contributed by atoms with Crippen LogP contribution in [0.3, 0.4) is 0 Å². The van der Waals surface area contributed by atoms with Crippen molar-refractivity contribution in [3.8, 4) is 11.5 Å². The molecule has 0 amide bonds. The zero-order chi connectivity index (χ0) is 18.8. The van der Waals surface area contributed by atoms with Crippen LogP contribution in [0.15, 0.2) is 41.3 Å². The Morgan fingerprint density at radius 3 is 2.16 bits per heavy atom. The fraction of sp³-hybridized carbons (Fsp3) is 0.200. The molecule has 2 rings (SSSR count). The van der Waals surface area contributed by atoms with Crippen LogP contribution >= 0.6 is 0 Å². The summed E-state index contributed by atoms with van der Waals surface area (Å²) in [7, 11) is -1.92. The Hall–Kier alpha value is -2.49. The average Bonchev–Trinajstić information content (AvgIpc) is 2.55. The lowest BCUT2D eigenvalue weighted by molar-refractivity contribution is -0.137. The minimum Gasteiger partial charge on any atom is -0.493 e. The van der Waals surface area contributed by atoms with Gasteiger partial charge in [0.05, 0.1) is 30.4 Å². The molecule has 0 heterocycles. The van der Waals surface area contributed by atoms with Gasteiger partial charge in [0.1, 0.15) is 0 Å². The molecule has 0 aliphatic rings. The number of anilines is 1. The Balaban J connectivity index is 2.43. The van der Waals surface area contributed by atoms with Gasteiger partial charge >= 0.3 is 6.18 Å². The summed E-state index contributed by atoms with van der Waals surface area (Å²) in [4.78, 5) is -0.656. The third kappa shape index (κ3) is 4.13. The van der Waals surface area contributed by atoms with E-state index in [1.54, 1.807) is 0 Å². The summed E-state index contributed by atoms with van der Waals surface area (Å²) < 4.78 is 88.5. The molecule has 0 radical (unpaired) electrons. The molecule has 0 bridgehead atoms. The molecular weight excluding hydrogens is 366 g/mol. The second-order valence-electron chi connectivity index (χ2n) is 4.82. The summed E-state index contributed by atoms with van der Waals surface area (Å²) >= 11 is 0. The van der Waals surface area contributed by atoms with Gasteiger partial charge in [0.25, 0.3) is 10.0 Å². The first-order valence-corrected chi connectivity index (χ1v) is 8.18. The Morgan fingerprint density at radius 2 is 1.60 bits per heavy atom. The SMILES string of the molecule is COc1cc(F)c(NS(=O)(=O)c2cccc(C(F)(F)F)c2)cc1OC. The summed E-state index contributed by atoms with van der Waals surface area (Å²) in [5.74, 6) is -0.902. The highest BCUT2D eigenvalue weighted by Gasteiger charge is 2.31. The van der Waals surface area contributed by atoms with Crippen LogP contribution < -0.4 is 14.2 Å². The lowest BCUT2D eigenvalue weighted by Gasteiger charge is -2.14. The van der Waals surface area contributed by atoms with Gasteiger partial charge < -0.3 is 9.47 Å². The second kappa shape index (κ2) is 6.79. The van der Waals surface area contributed by atoms with Gasteiger partial charge in [-0.25, -0.2) is 12.8 Å². The van der Waals surface area contributed by atoms with E-state index in [2.05, 4.69) is 0 Å². The highest BCUT2D eigenvalue weighted by Crippen LogP contribution is 2.34. The molecule has 10 heteroatoms. The lowest BCUT2D eigenvalue weighted by Crippen LogP contribution is -2.15. The maximum absolute atomic E-state index is 14.0. The maximum Gasteiger partial charge on any atom is 0.416 e. The molecule has 0 unspecified atom stereocenters. The van der Waals surface area contributed by atoms with E-state index in [1.165, 1.54) is 14.2 Å². The number of sulfonamides is 1. The molecule has 0 aliphatic heterocycles. The molecular formula is C15H13F4NO4S. The fourth-order valence-corrected chi connectivity index (χ4v) is 3.08. The number of halogens is 4. The van der Waals surface area contributed by atoms with E-state index in [1.807, 2.05) is 4.72 Å². The first-order valence-electron chi connectivity index (χ1n) is 6.70. The average molecular weight is 379 g/mol. The largest absolute Gasteiger partial charge is 0.493 e. The predicted octanol–water partition coefficient (Wildman–Crippen LogP) is 3.66. The van der Waals surface area contributed by atoms with E-state index < -0.39 is 38.2 Å². The lowest BCUT2D eigenvalue weighted by atomic mass is 10.2. The van der Waals surface area contributed by atoms with Crippen LogP contribution in [-0.2, 0) is 16.2 Å². The first-order chi connectivity index (χ1) is 11.6. The van der Waals surface area contributed by atoms with Crippen molar-refractivity contribution in [1.29, 1.82) is 0 Å². The molecule has 25 heavy (non-hydrogen) atoms. The van der Waals surface area contributed by atoms with Gasteiger partial charge in [-0.2, -0.15) is 13.2 Å². The van der Waals surface area contributed by atoms with Crippen molar-refractivity contribution in [3.63, 3.8) is 0 Å². The highest BCUT2D eigenvalue weighted by atomic mass is 32.2. The molecule has 5 nitrogen and oxygen atoms in total.